The van der Waals surface area contributed by atoms with E-state index in [0.717, 1.165) is 12.8 Å². The minimum Gasteiger partial charge on any atom is -0.422 e. The second kappa shape index (κ2) is 4.04. The van der Waals surface area contributed by atoms with E-state index in [4.69, 9.17) is 4.42 Å². The fraction of sp³-hybridized carbons (Fsp3) is 0.556. The van der Waals surface area contributed by atoms with E-state index in [2.05, 4.69) is 24.0 Å². The van der Waals surface area contributed by atoms with Crippen LogP contribution in [-0.4, -0.2) is 10.2 Å². The van der Waals surface area contributed by atoms with Crippen molar-refractivity contribution >= 4 is 6.08 Å². The summed E-state index contributed by atoms with van der Waals surface area (Å²) >= 11 is 0. The molecule has 3 nitrogen and oxygen atoms in total. The molecule has 0 fully saturated rings. The number of rotatable bonds is 3. The monoisotopic (exact) mass is 166 g/mol. The quantitative estimate of drug-likeness (QED) is 0.692. The molecule has 1 rings (SSSR count). The van der Waals surface area contributed by atoms with E-state index in [1.807, 2.05) is 6.08 Å². The molecule has 0 radical (unpaired) electrons. The Morgan fingerprint density at radius 2 is 2.25 bits per heavy atom. The van der Waals surface area contributed by atoms with Crippen LogP contribution >= 0.6 is 0 Å². The van der Waals surface area contributed by atoms with Crippen LogP contribution in [-0.2, 0) is 0 Å². The highest BCUT2D eigenvalue weighted by molar-refractivity contribution is 5.41. The smallest absolute Gasteiger partial charge is 0.240 e. The average molecular weight is 166 g/mol. The number of allylic oxidation sites excluding steroid dienone is 1. The van der Waals surface area contributed by atoms with Crippen molar-refractivity contribution in [2.45, 2.75) is 33.6 Å². The van der Waals surface area contributed by atoms with Crippen LogP contribution in [0, 0.1) is 6.92 Å². The number of aromatic nitrogens is 2. The summed E-state index contributed by atoms with van der Waals surface area (Å²) in [5, 5.41) is 7.61. The highest BCUT2D eigenvalue weighted by atomic mass is 16.4. The van der Waals surface area contributed by atoms with E-state index in [1.54, 1.807) is 6.92 Å². The lowest BCUT2D eigenvalue weighted by Crippen LogP contribution is -1.77. The molecular formula is C9H14N2O. The van der Waals surface area contributed by atoms with E-state index in [-0.39, 0.29) is 0 Å². The number of hydrogen-bond acceptors (Lipinski definition) is 3. The first-order valence-electron chi connectivity index (χ1n) is 4.19. The predicted octanol–water partition coefficient (Wildman–Crippen LogP) is 2.58. The van der Waals surface area contributed by atoms with Gasteiger partial charge >= 0.3 is 0 Å². The zero-order valence-corrected chi connectivity index (χ0v) is 7.79. The lowest BCUT2D eigenvalue weighted by atomic mass is 10.2. The van der Waals surface area contributed by atoms with Gasteiger partial charge in [0.2, 0.25) is 11.8 Å². The van der Waals surface area contributed by atoms with Gasteiger partial charge in [0, 0.05) is 13.0 Å². The standard InChI is InChI=1S/C9H14N2O/c1-4-5-7(2)6-9-11-10-8(3)12-9/h6H,4-5H2,1-3H3/b7-6+. The van der Waals surface area contributed by atoms with Gasteiger partial charge in [0.15, 0.2) is 0 Å². The van der Waals surface area contributed by atoms with Crippen LogP contribution in [0.3, 0.4) is 0 Å². The number of hydrogen-bond donors (Lipinski definition) is 0. The molecule has 66 valence electrons. The third-order valence-electron chi connectivity index (χ3n) is 1.56. The van der Waals surface area contributed by atoms with Crippen LogP contribution in [0.15, 0.2) is 9.99 Å². The highest BCUT2D eigenvalue weighted by Gasteiger charge is 1.97. The van der Waals surface area contributed by atoms with Crippen LogP contribution in [0.5, 0.6) is 0 Å². The SMILES string of the molecule is CCC/C(C)=C/c1nnc(C)o1. The topological polar surface area (TPSA) is 38.9 Å². The van der Waals surface area contributed by atoms with E-state index >= 15 is 0 Å². The zero-order chi connectivity index (χ0) is 8.97. The van der Waals surface area contributed by atoms with Crippen LogP contribution < -0.4 is 0 Å². The van der Waals surface area contributed by atoms with Crippen LogP contribution in [0.4, 0.5) is 0 Å². The summed E-state index contributed by atoms with van der Waals surface area (Å²) in [7, 11) is 0. The third-order valence-corrected chi connectivity index (χ3v) is 1.56. The molecule has 0 aliphatic heterocycles. The molecule has 0 aromatic carbocycles. The predicted molar refractivity (Wildman–Crippen MR) is 47.6 cm³/mol. The van der Waals surface area contributed by atoms with Crippen molar-refractivity contribution < 1.29 is 4.42 Å². The van der Waals surface area contributed by atoms with Gasteiger partial charge in [0.1, 0.15) is 0 Å². The normalized spacial score (nSPS) is 12.1. The maximum absolute atomic E-state index is 5.20. The van der Waals surface area contributed by atoms with Crippen LogP contribution in [0.2, 0.25) is 0 Å². The van der Waals surface area contributed by atoms with Crippen molar-refractivity contribution in [2.75, 3.05) is 0 Å². The van der Waals surface area contributed by atoms with Gasteiger partial charge in [0.05, 0.1) is 0 Å². The Bertz CT molecular complexity index is 276. The Balaban J connectivity index is 2.67. The summed E-state index contributed by atoms with van der Waals surface area (Å²) in [6.45, 7) is 6.01. The van der Waals surface area contributed by atoms with Gasteiger partial charge in [-0.25, -0.2) is 0 Å². The summed E-state index contributed by atoms with van der Waals surface area (Å²) in [5.41, 5.74) is 1.28. The van der Waals surface area contributed by atoms with Gasteiger partial charge in [-0.1, -0.05) is 18.9 Å². The maximum Gasteiger partial charge on any atom is 0.240 e. The fourth-order valence-electron chi connectivity index (χ4n) is 1.05. The van der Waals surface area contributed by atoms with Crippen molar-refractivity contribution in [1.82, 2.24) is 10.2 Å². The molecule has 1 aromatic heterocycles. The highest BCUT2D eigenvalue weighted by Crippen LogP contribution is 2.09. The lowest BCUT2D eigenvalue weighted by molar-refractivity contribution is 0.509. The van der Waals surface area contributed by atoms with Gasteiger partial charge in [-0.3, -0.25) is 0 Å². The molecule has 1 aromatic rings. The Morgan fingerprint density at radius 1 is 1.50 bits per heavy atom. The molecule has 1 heterocycles. The van der Waals surface area contributed by atoms with Crippen LogP contribution in [0.1, 0.15) is 38.5 Å². The van der Waals surface area contributed by atoms with E-state index in [0.29, 0.717) is 11.8 Å². The summed E-state index contributed by atoms with van der Waals surface area (Å²) < 4.78 is 5.20. The van der Waals surface area contributed by atoms with E-state index in [9.17, 15) is 0 Å². The van der Waals surface area contributed by atoms with Crippen LogP contribution in [0.25, 0.3) is 6.08 Å². The lowest BCUT2D eigenvalue weighted by Gasteiger charge is -1.93. The molecule has 0 bridgehead atoms. The molecule has 0 N–H and O–H groups in total. The van der Waals surface area contributed by atoms with Gasteiger partial charge in [0.25, 0.3) is 0 Å². The Hall–Kier alpha value is -1.12. The molecule has 0 aliphatic carbocycles. The summed E-state index contributed by atoms with van der Waals surface area (Å²) in [6.07, 6.45) is 4.17. The molecule has 0 spiro atoms. The van der Waals surface area contributed by atoms with Crippen molar-refractivity contribution in [3.05, 3.63) is 17.4 Å². The first kappa shape index (κ1) is 8.97. The molecule has 0 amide bonds. The minimum atomic E-state index is 0.610. The number of nitrogens with zero attached hydrogens (tertiary/aromatic N) is 2. The summed E-state index contributed by atoms with van der Waals surface area (Å²) in [6, 6.07) is 0. The van der Waals surface area contributed by atoms with Gasteiger partial charge in [-0.05, 0) is 13.3 Å². The second-order valence-electron chi connectivity index (χ2n) is 2.90. The van der Waals surface area contributed by atoms with E-state index < -0.39 is 0 Å². The van der Waals surface area contributed by atoms with Crippen molar-refractivity contribution in [3.63, 3.8) is 0 Å². The van der Waals surface area contributed by atoms with Crippen molar-refractivity contribution in [2.24, 2.45) is 0 Å². The van der Waals surface area contributed by atoms with Gasteiger partial charge in [-0.15, -0.1) is 10.2 Å². The van der Waals surface area contributed by atoms with Gasteiger partial charge < -0.3 is 4.42 Å². The Labute approximate surface area is 72.5 Å². The summed E-state index contributed by atoms with van der Waals surface area (Å²) in [5.74, 6) is 1.23. The molecule has 0 unspecified atom stereocenters. The van der Waals surface area contributed by atoms with Gasteiger partial charge in [-0.2, -0.15) is 0 Å². The molecule has 3 heteroatoms. The molecule has 0 atom stereocenters. The number of aryl methyl sites for hydroxylation is 1. The summed E-state index contributed by atoms with van der Waals surface area (Å²) in [4.78, 5) is 0. The molecular weight excluding hydrogens is 152 g/mol. The van der Waals surface area contributed by atoms with E-state index in [1.165, 1.54) is 5.57 Å². The largest absolute Gasteiger partial charge is 0.422 e. The zero-order valence-electron chi connectivity index (χ0n) is 7.79. The molecule has 0 saturated heterocycles. The molecule has 0 saturated carbocycles. The first-order valence-corrected chi connectivity index (χ1v) is 4.19. The van der Waals surface area contributed by atoms with Crippen molar-refractivity contribution in [3.8, 4) is 0 Å². The minimum absolute atomic E-state index is 0.610. The third kappa shape index (κ3) is 2.49. The average Bonchev–Trinajstić information content (AvgIpc) is 2.36. The fourth-order valence-corrected chi connectivity index (χ4v) is 1.05. The second-order valence-corrected chi connectivity index (χ2v) is 2.90. The Morgan fingerprint density at radius 3 is 2.75 bits per heavy atom. The first-order chi connectivity index (χ1) is 5.72. The maximum atomic E-state index is 5.20. The Kier molecular flexibility index (Phi) is 3.02. The molecule has 12 heavy (non-hydrogen) atoms. The molecule has 0 aliphatic rings. The van der Waals surface area contributed by atoms with Crippen molar-refractivity contribution in [1.29, 1.82) is 0 Å².